The molecule has 15 heavy (non-hydrogen) atoms. The molecule has 0 bridgehead atoms. The number of nitrogens with zero attached hydrogens (tertiary/aromatic N) is 2. The number of hydrogen-bond donors (Lipinski definition) is 1. The van der Waals surface area contributed by atoms with E-state index in [1.165, 1.54) is 6.42 Å². The number of piperazine rings is 1. The summed E-state index contributed by atoms with van der Waals surface area (Å²) >= 11 is 0. The lowest BCUT2D eigenvalue weighted by Crippen LogP contribution is -2.51. The summed E-state index contributed by atoms with van der Waals surface area (Å²) in [5, 5.41) is 0. The van der Waals surface area contributed by atoms with Crippen LogP contribution in [0.4, 0.5) is 0 Å². The van der Waals surface area contributed by atoms with Gasteiger partial charge in [-0.15, -0.1) is 0 Å². The van der Waals surface area contributed by atoms with Crippen LogP contribution in [-0.4, -0.2) is 54.5 Å². The largest absolute Gasteiger partial charge is 0.337 e. The minimum atomic E-state index is 0.363. The fourth-order valence-corrected chi connectivity index (χ4v) is 2.61. The van der Waals surface area contributed by atoms with Gasteiger partial charge in [-0.25, -0.2) is 0 Å². The van der Waals surface area contributed by atoms with Crippen LogP contribution in [0.2, 0.25) is 0 Å². The van der Waals surface area contributed by atoms with E-state index in [2.05, 4.69) is 9.80 Å². The van der Waals surface area contributed by atoms with Gasteiger partial charge in [0.15, 0.2) is 0 Å². The summed E-state index contributed by atoms with van der Waals surface area (Å²) in [7, 11) is 0. The second-order valence-electron chi connectivity index (χ2n) is 4.58. The van der Waals surface area contributed by atoms with Crippen LogP contribution in [0.3, 0.4) is 0 Å². The molecule has 2 saturated heterocycles. The first-order chi connectivity index (χ1) is 7.31. The highest BCUT2D eigenvalue weighted by molar-refractivity contribution is 5.78. The van der Waals surface area contributed by atoms with Crippen molar-refractivity contribution in [3.63, 3.8) is 0 Å². The maximum absolute atomic E-state index is 11.5. The Balaban J connectivity index is 1.75. The molecule has 0 radical (unpaired) electrons. The highest BCUT2D eigenvalue weighted by Crippen LogP contribution is 2.22. The Morgan fingerprint density at radius 3 is 3.00 bits per heavy atom. The SMILES string of the molecule is NCCCCN1CCN2C(=O)CCC2C1. The summed E-state index contributed by atoms with van der Waals surface area (Å²) in [6, 6.07) is 0.504. The molecule has 2 fully saturated rings. The van der Waals surface area contributed by atoms with E-state index in [0.29, 0.717) is 11.9 Å². The molecular formula is C11H21N3O. The van der Waals surface area contributed by atoms with Crippen LogP contribution < -0.4 is 5.73 Å². The first-order valence-corrected chi connectivity index (χ1v) is 6.03. The normalized spacial score (nSPS) is 27.1. The minimum absolute atomic E-state index is 0.363. The van der Waals surface area contributed by atoms with Crippen molar-refractivity contribution >= 4 is 5.91 Å². The van der Waals surface area contributed by atoms with Gasteiger partial charge >= 0.3 is 0 Å². The maximum atomic E-state index is 11.5. The second-order valence-corrected chi connectivity index (χ2v) is 4.58. The molecule has 86 valence electrons. The zero-order chi connectivity index (χ0) is 10.7. The summed E-state index contributed by atoms with van der Waals surface area (Å²) in [5.74, 6) is 0.363. The molecular weight excluding hydrogens is 190 g/mol. The van der Waals surface area contributed by atoms with Crippen molar-refractivity contribution in [2.75, 3.05) is 32.7 Å². The highest BCUT2D eigenvalue weighted by atomic mass is 16.2. The Labute approximate surface area is 91.4 Å². The molecule has 0 aromatic carbocycles. The zero-order valence-electron chi connectivity index (χ0n) is 9.32. The molecule has 2 aliphatic rings. The van der Waals surface area contributed by atoms with Crippen molar-refractivity contribution in [1.82, 2.24) is 9.80 Å². The molecule has 4 heteroatoms. The van der Waals surface area contributed by atoms with Gasteiger partial charge in [0, 0.05) is 32.1 Å². The average molecular weight is 211 g/mol. The van der Waals surface area contributed by atoms with Gasteiger partial charge in [-0.3, -0.25) is 9.69 Å². The van der Waals surface area contributed by atoms with Gasteiger partial charge in [-0.2, -0.15) is 0 Å². The number of nitrogens with two attached hydrogens (primary N) is 1. The number of fused-ring (bicyclic) bond motifs is 1. The van der Waals surface area contributed by atoms with Crippen LogP contribution in [0.5, 0.6) is 0 Å². The number of amides is 1. The smallest absolute Gasteiger partial charge is 0.222 e. The summed E-state index contributed by atoms with van der Waals surface area (Å²) < 4.78 is 0. The first kappa shape index (κ1) is 10.9. The molecule has 0 aromatic rings. The molecule has 1 atom stereocenters. The molecule has 0 aromatic heterocycles. The van der Waals surface area contributed by atoms with E-state index in [-0.39, 0.29) is 0 Å². The Bertz CT molecular complexity index is 232. The first-order valence-electron chi connectivity index (χ1n) is 6.03. The summed E-state index contributed by atoms with van der Waals surface area (Å²) in [6.45, 7) is 5.01. The molecule has 2 N–H and O–H groups in total. The van der Waals surface area contributed by atoms with E-state index in [1.54, 1.807) is 0 Å². The topological polar surface area (TPSA) is 49.6 Å². The van der Waals surface area contributed by atoms with Crippen molar-refractivity contribution in [2.45, 2.75) is 31.7 Å². The standard InChI is InChI=1S/C11H21N3O/c12-5-1-2-6-13-7-8-14-10(9-13)3-4-11(14)15/h10H,1-9,12H2. The molecule has 1 unspecified atom stereocenters. The number of rotatable bonds is 4. The van der Waals surface area contributed by atoms with Gasteiger partial charge in [-0.05, 0) is 32.4 Å². The van der Waals surface area contributed by atoms with Crippen LogP contribution in [0.25, 0.3) is 0 Å². The second kappa shape index (κ2) is 4.94. The quantitative estimate of drug-likeness (QED) is 0.668. The fraction of sp³-hybridized carbons (Fsp3) is 0.909. The van der Waals surface area contributed by atoms with E-state index in [0.717, 1.165) is 52.0 Å². The monoisotopic (exact) mass is 211 g/mol. The van der Waals surface area contributed by atoms with Crippen LogP contribution in [0, 0.1) is 0 Å². The predicted octanol–water partition coefficient (Wildman–Crippen LogP) is 0.0319. The van der Waals surface area contributed by atoms with Gasteiger partial charge < -0.3 is 10.6 Å². The zero-order valence-corrected chi connectivity index (χ0v) is 9.32. The molecule has 2 rings (SSSR count). The Morgan fingerprint density at radius 1 is 1.33 bits per heavy atom. The lowest BCUT2D eigenvalue weighted by molar-refractivity contribution is -0.130. The highest BCUT2D eigenvalue weighted by Gasteiger charge is 2.34. The van der Waals surface area contributed by atoms with E-state index in [9.17, 15) is 4.79 Å². The molecule has 0 spiro atoms. The van der Waals surface area contributed by atoms with E-state index >= 15 is 0 Å². The van der Waals surface area contributed by atoms with Crippen molar-refractivity contribution < 1.29 is 4.79 Å². The van der Waals surface area contributed by atoms with Gasteiger partial charge in [0.05, 0.1) is 0 Å². The van der Waals surface area contributed by atoms with Crippen LogP contribution in [-0.2, 0) is 4.79 Å². The average Bonchev–Trinajstić information content (AvgIpc) is 2.61. The maximum Gasteiger partial charge on any atom is 0.222 e. The molecule has 2 heterocycles. The molecule has 4 nitrogen and oxygen atoms in total. The van der Waals surface area contributed by atoms with Gasteiger partial charge in [0.2, 0.25) is 5.91 Å². The van der Waals surface area contributed by atoms with Crippen molar-refractivity contribution in [1.29, 1.82) is 0 Å². The fourth-order valence-electron chi connectivity index (χ4n) is 2.61. The van der Waals surface area contributed by atoms with E-state index < -0.39 is 0 Å². The summed E-state index contributed by atoms with van der Waals surface area (Å²) in [5.41, 5.74) is 5.48. The number of hydrogen-bond acceptors (Lipinski definition) is 3. The summed E-state index contributed by atoms with van der Waals surface area (Å²) in [6.07, 6.45) is 4.13. The van der Waals surface area contributed by atoms with Crippen molar-refractivity contribution in [2.24, 2.45) is 5.73 Å². The lowest BCUT2D eigenvalue weighted by atomic mass is 10.1. The molecule has 0 aliphatic carbocycles. The van der Waals surface area contributed by atoms with Crippen molar-refractivity contribution in [3.8, 4) is 0 Å². The number of carbonyl (C=O) groups is 1. The number of carbonyl (C=O) groups excluding carboxylic acids is 1. The van der Waals surface area contributed by atoms with E-state index in [4.69, 9.17) is 5.73 Å². The number of unbranched alkanes of at least 4 members (excludes halogenated alkanes) is 1. The Hall–Kier alpha value is -0.610. The minimum Gasteiger partial charge on any atom is -0.337 e. The van der Waals surface area contributed by atoms with Crippen LogP contribution in [0.1, 0.15) is 25.7 Å². The van der Waals surface area contributed by atoms with E-state index in [1.807, 2.05) is 0 Å². The third-order valence-corrected chi connectivity index (χ3v) is 3.51. The Morgan fingerprint density at radius 2 is 2.20 bits per heavy atom. The van der Waals surface area contributed by atoms with Crippen molar-refractivity contribution in [3.05, 3.63) is 0 Å². The third-order valence-electron chi connectivity index (χ3n) is 3.51. The Kier molecular flexibility index (Phi) is 3.59. The summed E-state index contributed by atoms with van der Waals surface area (Å²) in [4.78, 5) is 16.0. The predicted molar refractivity (Wildman–Crippen MR) is 59.5 cm³/mol. The lowest BCUT2D eigenvalue weighted by Gasteiger charge is -2.37. The van der Waals surface area contributed by atoms with Gasteiger partial charge in [-0.1, -0.05) is 0 Å². The van der Waals surface area contributed by atoms with Gasteiger partial charge in [0.1, 0.15) is 0 Å². The van der Waals surface area contributed by atoms with Crippen LogP contribution >= 0.6 is 0 Å². The molecule has 1 amide bonds. The third kappa shape index (κ3) is 2.49. The van der Waals surface area contributed by atoms with Crippen LogP contribution in [0.15, 0.2) is 0 Å². The molecule has 0 saturated carbocycles. The van der Waals surface area contributed by atoms with Gasteiger partial charge in [0.25, 0.3) is 0 Å². The molecule has 2 aliphatic heterocycles.